The first-order valence-corrected chi connectivity index (χ1v) is 7.04. The van der Waals surface area contributed by atoms with Gasteiger partial charge in [-0.15, -0.1) is 11.3 Å². The van der Waals surface area contributed by atoms with Crippen LogP contribution in [0, 0.1) is 0 Å². The molecule has 0 aliphatic rings. The van der Waals surface area contributed by atoms with Gasteiger partial charge in [0.1, 0.15) is 5.75 Å². The topological polar surface area (TPSA) is 21.3 Å². The highest BCUT2D eigenvalue weighted by Crippen LogP contribution is 2.23. The van der Waals surface area contributed by atoms with Crippen LogP contribution in [0.15, 0.2) is 35.7 Å². The van der Waals surface area contributed by atoms with Crippen molar-refractivity contribution in [3.05, 3.63) is 51.7 Å². The Balaban J connectivity index is 2.06. The summed E-state index contributed by atoms with van der Waals surface area (Å²) in [5, 5.41) is 5.43. The van der Waals surface area contributed by atoms with Crippen molar-refractivity contribution in [3.8, 4) is 5.75 Å². The summed E-state index contributed by atoms with van der Waals surface area (Å²) in [6.45, 7) is 1.04. The lowest BCUT2D eigenvalue weighted by Gasteiger charge is -2.06. The minimum absolute atomic E-state index is 0.945. The van der Waals surface area contributed by atoms with E-state index in [1.165, 1.54) is 16.0 Å². The van der Waals surface area contributed by atoms with E-state index in [2.05, 4.69) is 28.9 Å². The van der Waals surface area contributed by atoms with E-state index >= 15 is 0 Å². The van der Waals surface area contributed by atoms with Crippen molar-refractivity contribution in [3.63, 3.8) is 0 Å². The molecule has 0 bridgehead atoms. The molecule has 96 valence electrons. The first kappa shape index (κ1) is 13.1. The summed E-state index contributed by atoms with van der Waals surface area (Å²) in [6, 6.07) is 10.5. The third-order valence-electron chi connectivity index (χ3n) is 2.92. The molecule has 0 saturated carbocycles. The molecule has 2 rings (SSSR count). The fourth-order valence-corrected chi connectivity index (χ4v) is 2.86. The number of ether oxygens (including phenoxy) is 1. The highest BCUT2D eigenvalue weighted by Gasteiger charge is 2.05. The van der Waals surface area contributed by atoms with Crippen LogP contribution >= 0.6 is 11.3 Å². The molecular weight excluding hydrogens is 242 g/mol. The fraction of sp³-hybridized carbons (Fsp3) is 0.333. The highest BCUT2D eigenvalue weighted by molar-refractivity contribution is 7.10. The van der Waals surface area contributed by atoms with Gasteiger partial charge in [0, 0.05) is 11.3 Å². The number of rotatable bonds is 6. The minimum Gasteiger partial charge on any atom is -0.496 e. The van der Waals surface area contributed by atoms with Crippen LogP contribution in [0.5, 0.6) is 5.75 Å². The Kier molecular flexibility index (Phi) is 4.79. The summed E-state index contributed by atoms with van der Waals surface area (Å²) in [4.78, 5) is 1.44. The van der Waals surface area contributed by atoms with Gasteiger partial charge in [0.15, 0.2) is 0 Å². The number of likely N-dealkylation sites (N-methyl/N-ethyl adjacent to an activating group) is 1. The molecule has 0 fully saturated rings. The van der Waals surface area contributed by atoms with Crippen molar-refractivity contribution in [2.45, 2.75) is 12.8 Å². The Hall–Kier alpha value is -1.32. The van der Waals surface area contributed by atoms with Crippen molar-refractivity contribution in [2.75, 3.05) is 20.7 Å². The third-order valence-corrected chi connectivity index (χ3v) is 3.96. The summed E-state index contributed by atoms with van der Waals surface area (Å²) in [6.07, 6.45) is 2.05. The second-order valence-corrected chi connectivity index (χ2v) is 5.26. The number of benzene rings is 1. The number of hydrogen-bond acceptors (Lipinski definition) is 3. The largest absolute Gasteiger partial charge is 0.496 e. The first-order valence-electron chi connectivity index (χ1n) is 6.16. The van der Waals surface area contributed by atoms with Gasteiger partial charge in [-0.05, 0) is 48.7 Å². The van der Waals surface area contributed by atoms with Crippen molar-refractivity contribution in [1.29, 1.82) is 0 Å². The molecule has 0 saturated heterocycles. The van der Waals surface area contributed by atoms with Gasteiger partial charge in [-0.1, -0.05) is 18.2 Å². The van der Waals surface area contributed by atoms with E-state index in [9.17, 15) is 0 Å². The molecule has 18 heavy (non-hydrogen) atoms. The summed E-state index contributed by atoms with van der Waals surface area (Å²) in [5.74, 6) is 0.973. The Labute approximate surface area is 113 Å². The summed E-state index contributed by atoms with van der Waals surface area (Å²) < 4.78 is 5.38. The van der Waals surface area contributed by atoms with Crippen molar-refractivity contribution >= 4 is 11.3 Å². The zero-order chi connectivity index (χ0) is 12.8. The molecule has 3 heteroatoms. The van der Waals surface area contributed by atoms with E-state index in [1.807, 2.05) is 30.5 Å². The van der Waals surface area contributed by atoms with Crippen molar-refractivity contribution in [1.82, 2.24) is 5.32 Å². The smallest absolute Gasteiger partial charge is 0.122 e. The lowest BCUT2D eigenvalue weighted by Crippen LogP contribution is -2.09. The first-order chi connectivity index (χ1) is 8.83. The van der Waals surface area contributed by atoms with Crippen LogP contribution in [0.4, 0.5) is 0 Å². The number of thiophene rings is 1. The molecule has 1 N–H and O–H groups in total. The average molecular weight is 261 g/mol. The van der Waals surface area contributed by atoms with Crippen LogP contribution < -0.4 is 10.1 Å². The molecule has 0 unspecified atom stereocenters. The lowest BCUT2D eigenvalue weighted by molar-refractivity contribution is 0.410. The Bertz CT molecular complexity index is 493. The van der Waals surface area contributed by atoms with Gasteiger partial charge in [-0.2, -0.15) is 0 Å². The van der Waals surface area contributed by atoms with Gasteiger partial charge in [0.2, 0.25) is 0 Å². The number of methoxy groups -OCH3 is 1. The van der Waals surface area contributed by atoms with Crippen LogP contribution in [0.2, 0.25) is 0 Å². The molecule has 0 spiro atoms. The second kappa shape index (κ2) is 6.57. The summed E-state index contributed by atoms with van der Waals surface area (Å²) in [5.41, 5.74) is 2.62. The van der Waals surface area contributed by atoms with E-state index in [4.69, 9.17) is 4.74 Å². The van der Waals surface area contributed by atoms with Crippen LogP contribution in [0.3, 0.4) is 0 Å². The second-order valence-electron chi connectivity index (χ2n) is 4.26. The van der Waals surface area contributed by atoms with Crippen LogP contribution in [-0.2, 0) is 12.8 Å². The zero-order valence-corrected chi connectivity index (χ0v) is 11.7. The third kappa shape index (κ3) is 3.34. The fourth-order valence-electron chi connectivity index (χ4n) is 1.97. The monoisotopic (exact) mass is 261 g/mol. The molecule has 2 nitrogen and oxygen atoms in total. The zero-order valence-electron chi connectivity index (χ0n) is 10.9. The van der Waals surface area contributed by atoms with Gasteiger partial charge in [0.25, 0.3) is 0 Å². The number of hydrogen-bond donors (Lipinski definition) is 1. The van der Waals surface area contributed by atoms with Gasteiger partial charge in [0.05, 0.1) is 7.11 Å². The Morgan fingerprint density at radius 1 is 1.28 bits per heavy atom. The van der Waals surface area contributed by atoms with Crippen LogP contribution in [0.25, 0.3) is 0 Å². The SMILES string of the molecule is CNCCc1cc(Cc2ccccc2OC)cs1. The van der Waals surface area contributed by atoms with E-state index in [0.29, 0.717) is 0 Å². The molecule has 1 heterocycles. The molecule has 1 aromatic carbocycles. The Morgan fingerprint density at radius 3 is 2.89 bits per heavy atom. The standard InChI is InChI=1S/C15H19NOS/c1-16-8-7-14-10-12(11-18-14)9-13-5-3-4-6-15(13)17-2/h3-6,10-11,16H,7-9H2,1-2H3. The maximum atomic E-state index is 5.38. The summed E-state index contributed by atoms with van der Waals surface area (Å²) in [7, 11) is 3.72. The maximum Gasteiger partial charge on any atom is 0.122 e. The molecule has 0 radical (unpaired) electrons. The van der Waals surface area contributed by atoms with Crippen LogP contribution in [0.1, 0.15) is 16.0 Å². The van der Waals surface area contributed by atoms with Crippen LogP contribution in [-0.4, -0.2) is 20.7 Å². The van der Waals surface area contributed by atoms with E-state index in [-0.39, 0.29) is 0 Å². The van der Waals surface area contributed by atoms with E-state index < -0.39 is 0 Å². The Morgan fingerprint density at radius 2 is 2.11 bits per heavy atom. The van der Waals surface area contributed by atoms with Crippen molar-refractivity contribution < 1.29 is 4.74 Å². The van der Waals surface area contributed by atoms with E-state index in [0.717, 1.165) is 25.1 Å². The quantitative estimate of drug-likeness (QED) is 0.862. The molecule has 0 amide bonds. The summed E-state index contributed by atoms with van der Waals surface area (Å²) >= 11 is 1.84. The molecule has 0 aliphatic carbocycles. The highest BCUT2D eigenvalue weighted by atomic mass is 32.1. The van der Waals surface area contributed by atoms with Crippen molar-refractivity contribution in [2.24, 2.45) is 0 Å². The van der Waals surface area contributed by atoms with Gasteiger partial charge < -0.3 is 10.1 Å². The lowest BCUT2D eigenvalue weighted by atomic mass is 10.1. The molecule has 1 aromatic heterocycles. The maximum absolute atomic E-state index is 5.38. The molecule has 0 atom stereocenters. The molecule has 0 aliphatic heterocycles. The van der Waals surface area contributed by atoms with Gasteiger partial charge >= 0.3 is 0 Å². The van der Waals surface area contributed by atoms with Gasteiger partial charge in [-0.25, -0.2) is 0 Å². The van der Waals surface area contributed by atoms with Gasteiger partial charge in [-0.3, -0.25) is 0 Å². The average Bonchev–Trinajstić information content (AvgIpc) is 2.84. The molecular formula is C15H19NOS. The normalized spacial score (nSPS) is 10.6. The minimum atomic E-state index is 0.945. The number of nitrogens with one attached hydrogen (secondary N) is 1. The molecule has 2 aromatic rings. The van der Waals surface area contributed by atoms with E-state index in [1.54, 1.807) is 7.11 Å². The number of para-hydroxylation sites is 1. The predicted molar refractivity (Wildman–Crippen MR) is 77.7 cm³/mol. The predicted octanol–water partition coefficient (Wildman–Crippen LogP) is 3.11.